The van der Waals surface area contributed by atoms with E-state index in [0.29, 0.717) is 18.8 Å². The Hall–Kier alpha value is -1.67. The average Bonchev–Trinajstić information content (AvgIpc) is 2.25. The Labute approximate surface area is 82.3 Å². The molecule has 1 aromatic heterocycles. The zero-order valence-electron chi connectivity index (χ0n) is 7.93. The van der Waals surface area contributed by atoms with Gasteiger partial charge in [0.25, 0.3) is 5.88 Å². The second kappa shape index (κ2) is 5.89. The van der Waals surface area contributed by atoms with Crippen LogP contribution in [0.4, 0.5) is 0 Å². The van der Waals surface area contributed by atoms with E-state index < -0.39 is 0 Å². The molecule has 14 heavy (non-hydrogen) atoms. The third-order valence-electron chi connectivity index (χ3n) is 1.54. The largest absolute Gasteiger partial charge is 0.476 e. The van der Waals surface area contributed by atoms with Crippen LogP contribution >= 0.6 is 0 Å². The van der Waals surface area contributed by atoms with Crippen molar-refractivity contribution in [3.8, 4) is 11.9 Å². The minimum atomic E-state index is 0.283. The summed E-state index contributed by atoms with van der Waals surface area (Å²) in [6.45, 7) is 1.10. The van der Waals surface area contributed by atoms with Gasteiger partial charge in [0, 0.05) is 20.1 Å². The summed E-state index contributed by atoms with van der Waals surface area (Å²) < 4.78 is 10.1. The highest BCUT2D eigenvalue weighted by molar-refractivity contribution is 5.35. The molecule has 0 unspecified atom stereocenters. The summed E-state index contributed by atoms with van der Waals surface area (Å²) in [6.07, 6.45) is 2.22. The smallest absolute Gasteiger partial charge is 0.251 e. The molecule has 0 radical (unpaired) electrons. The van der Waals surface area contributed by atoms with Crippen molar-refractivity contribution in [2.75, 3.05) is 20.3 Å². The Kier molecular flexibility index (Phi) is 4.38. The van der Waals surface area contributed by atoms with Crippen molar-refractivity contribution in [2.24, 2.45) is 0 Å². The number of aromatic nitrogens is 2. The lowest BCUT2D eigenvalue weighted by Crippen LogP contribution is -2.04. The lowest BCUT2D eigenvalue weighted by Gasteiger charge is -2.04. The predicted octanol–water partition coefficient (Wildman–Crippen LogP) is 0.764. The number of methoxy groups -OCH3 is 1. The van der Waals surface area contributed by atoms with Crippen LogP contribution in [-0.2, 0) is 4.74 Å². The van der Waals surface area contributed by atoms with Crippen LogP contribution in [0.5, 0.6) is 5.88 Å². The van der Waals surface area contributed by atoms with Gasteiger partial charge in [-0.1, -0.05) is 0 Å². The van der Waals surface area contributed by atoms with Gasteiger partial charge in [-0.05, 0) is 6.07 Å². The fourth-order valence-electron chi connectivity index (χ4n) is 0.883. The van der Waals surface area contributed by atoms with Crippen LogP contribution < -0.4 is 4.74 Å². The van der Waals surface area contributed by atoms with E-state index in [0.717, 1.165) is 6.42 Å². The molecule has 0 atom stereocenters. The molecular formula is C9H11N3O2. The second-order valence-corrected chi connectivity index (χ2v) is 2.56. The summed E-state index contributed by atoms with van der Waals surface area (Å²) in [7, 11) is 1.63. The Balaban J connectivity index is 2.46. The first-order chi connectivity index (χ1) is 6.88. The number of nitriles is 1. The highest BCUT2D eigenvalue weighted by Gasteiger charge is 2.03. The number of ether oxygens (including phenoxy) is 2. The zero-order valence-corrected chi connectivity index (χ0v) is 7.93. The minimum absolute atomic E-state index is 0.283. The molecule has 5 nitrogen and oxygen atoms in total. The molecule has 0 aromatic carbocycles. The third kappa shape index (κ3) is 2.99. The lowest BCUT2D eigenvalue weighted by atomic mass is 10.3. The first-order valence-electron chi connectivity index (χ1n) is 4.22. The van der Waals surface area contributed by atoms with Crippen LogP contribution in [0.1, 0.15) is 12.0 Å². The predicted molar refractivity (Wildman–Crippen MR) is 48.7 cm³/mol. The van der Waals surface area contributed by atoms with Crippen molar-refractivity contribution in [3.63, 3.8) is 0 Å². The van der Waals surface area contributed by atoms with Crippen LogP contribution in [0.15, 0.2) is 12.3 Å². The van der Waals surface area contributed by atoms with Crippen LogP contribution in [0.2, 0.25) is 0 Å². The van der Waals surface area contributed by atoms with Crippen molar-refractivity contribution in [3.05, 3.63) is 17.8 Å². The van der Waals surface area contributed by atoms with Crippen molar-refractivity contribution in [1.29, 1.82) is 5.26 Å². The van der Waals surface area contributed by atoms with Gasteiger partial charge in [0.1, 0.15) is 11.6 Å². The highest BCUT2D eigenvalue weighted by atomic mass is 16.5. The van der Waals surface area contributed by atoms with E-state index in [4.69, 9.17) is 14.7 Å². The van der Waals surface area contributed by atoms with E-state index in [-0.39, 0.29) is 5.88 Å². The van der Waals surface area contributed by atoms with E-state index in [1.165, 1.54) is 6.20 Å². The fraction of sp³-hybridized carbons (Fsp3) is 0.444. The average molecular weight is 193 g/mol. The molecule has 0 spiro atoms. The number of rotatable bonds is 5. The SMILES string of the molecule is COCCCOc1nnccc1C#N. The molecule has 0 aliphatic carbocycles. The monoisotopic (exact) mass is 193 g/mol. The molecular weight excluding hydrogens is 182 g/mol. The maximum Gasteiger partial charge on any atom is 0.251 e. The molecule has 0 saturated carbocycles. The van der Waals surface area contributed by atoms with E-state index in [1.54, 1.807) is 13.2 Å². The molecule has 0 bridgehead atoms. The van der Waals surface area contributed by atoms with Gasteiger partial charge in [0.15, 0.2) is 0 Å². The summed E-state index contributed by atoms with van der Waals surface area (Å²) in [6, 6.07) is 3.55. The fourth-order valence-corrected chi connectivity index (χ4v) is 0.883. The van der Waals surface area contributed by atoms with Gasteiger partial charge in [-0.3, -0.25) is 0 Å². The molecule has 1 heterocycles. The number of hydrogen-bond acceptors (Lipinski definition) is 5. The van der Waals surface area contributed by atoms with Gasteiger partial charge < -0.3 is 9.47 Å². The Bertz CT molecular complexity index is 322. The summed E-state index contributed by atoms with van der Waals surface area (Å²) in [5, 5.41) is 16.0. The topological polar surface area (TPSA) is 68.0 Å². The molecule has 0 saturated heterocycles. The normalized spacial score (nSPS) is 9.43. The van der Waals surface area contributed by atoms with Crippen LogP contribution in [-0.4, -0.2) is 30.5 Å². The molecule has 0 aliphatic heterocycles. The van der Waals surface area contributed by atoms with E-state index >= 15 is 0 Å². The maximum atomic E-state index is 8.70. The van der Waals surface area contributed by atoms with E-state index in [2.05, 4.69) is 10.2 Å². The molecule has 0 amide bonds. The quantitative estimate of drug-likeness (QED) is 0.646. The van der Waals surface area contributed by atoms with Crippen molar-refractivity contribution in [1.82, 2.24) is 10.2 Å². The molecule has 0 N–H and O–H groups in total. The van der Waals surface area contributed by atoms with Crippen molar-refractivity contribution in [2.45, 2.75) is 6.42 Å². The number of nitrogens with zero attached hydrogens (tertiary/aromatic N) is 3. The third-order valence-corrected chi connectivity index (χ3v) is 1.54. The molecule has 1 aromatic rings. The second-order valence-electron chi connectivity index (χ2n) is 2.56. The summed E-state index contributed by atoms with van der Waals surface area (Å²) in [5.74, 6) is 0.283. The van der Waals surface area contributed by atoms with Crippen LogP contribution in [0.25, 0.3) is 0 Å². The van der Waals surface area contributed by atoms with E-state index in [9.17, 15) is 0 Å². The Morgan fingerprint density at radius 2 is 2.36 bits per heavy atom. The number of hydrogen-bond donors (Lipinski definition) is 0. The first kappa shape index (κ1) is 10.4. The zero-order chi connectivity index (χ0) is 10.2. The molecule has 0 aliphatic rings. The Morgan fingerprint density at radius 1 is 1.50 bits per heavy atom. The standard InChI is InChI=1S/C9H11N3O2/c1-13-5-2-6-14-9-8(7-10)3-4-11-12-9/h3-4H,2,5-6H2,1H3. The summed E-state index contributed by atoms with van der Waals surface area (Å²) in [4.78, 5) is 0. The molecule has 1 rings (SSSR count). The Morgan fingerprint density at radius 3 is 3.07 bits per heavy atom. The molecule has 0 fully saturated rings. The van der Waals surface area contributed by atoms with Crippen molar-refractivity contribution < 1.29 is 9.47 Å². The summed E-state index contributed by atoms with van der Waals surface area (Å²) >= 11 is 0. The maximum absolute atomic E-state index is 8.70. The lowest BCUT2D eigenvalue weighted by molar-refractivity contribution is 0.170. The van der Waals surface area contributed by atoms with Crippen LogP contribution in [0, 0.1) is 11.3 Å². The van der Waals surface area contributed by atoms with Gasteiger partial charge in [-0.2, -0.15) is 10.4 Å². The highest BCUT2D eigenvalue weighted by Crippen LogP contribution is 2.10. The molecule has 5 heteroatoms. The van der Waals surface area contributed by atoms with Gasteiger partial charge >= 0.3 is 0 Å². The van der Waals surface area contributed by atoms with Crippen molar-refractivity contribution >= 4 is 0 Å². The van der Waals surface area contributed by atoms with Gasteiger partial charge in [-0.15, -0.1) is 5.10 Å². The molecule has 74 valence electrons. The van der Waals surface area contributed by atoms with Gasteiger partial charge in [0.05, 0.1) is 12.8 Å². The summed E-state index contributed by atoms with van der Waals surface area (Å²) in [5.41, 5.74) is 0.400. The first-order valence-corrected chi connectivity index (χ1v) is 4.22. The van der Waals surface area contributed by atoms with Gasteiger partial charge in [-0.25, -0.2) is 0 Å². The minimum Gasteiger partial charge on any atom is -0.476 e. The van der Waals surface area contributed by atoms with Crippen LogP contribution in [0.3, 0.4) is 0 Å². The van der Waals surface area contributed by atoms with Gasteiger partial charge in [0.2, 0.25) is 0 Å². The van der Waals surface area contributed by atoms with E-state index in [1.807, 2.05) is 6.07 Å².